The Kier molecular flexibility index (Phi) is 7.28. The van der Waals surface area contributed by atoms with Crippen molar-refractivity contribution in [3.63, 3.8) is 0 Å². The first-order valence-electron chi connectivity index (χ1n) is 6.91. The molecular weight excluding hydrogens is 198 g/mol. The molecule has 93 valence electrons. The number of carbonyl (C=O) groups excluding carboxylic acids is 1. The van der Waals surface area contributed by atoms with E-state index in [9.17, 15) is 4.79 Å². The lowest BCUT2D eigenvalue weighted by Gasteiger charge is -2.14. The molecule has 1 fully saturated rings. The van der Waals surface area contributed by atoms with Crippen molar-refractivity contribution >= 4 is 5.91 Å². The molecule has 0 saturated carbocycles. The fourth-order valence-electron chi connectivity index (χ4n) is 2.28. The minimum atomic E-state index is 0.384. The molecule has 1 saturated heterocycles. The molecule has 0 aromatic carbocycles. The van der Waals surface area contributed by atoms with Gasteiger partial charge in [-0.1, -0.05) is 45.4 Å². The van der Waals surface area contributed by atoms with Gasteiger partial charge in [0, 0.05) is 19.5 Å². The lowest BCUT2D eigenvalue weighted by Crippen LogP contribution is -2.27. The molecule has 0 N–H and O–H groups in total. The zero-order chi connectivity index (χ0) is 11.6. The molecule has 0 aromatic heterocycles. The van der Waals surface area contributed by atoms with Crippen molar-refractivity contribution in [3.05, 3.63) is 6.92 Å². The highest BCUT2D eigenvalue weighted by Gasteiger charge is 2.16. The number of amides is 1. The van der Waals surface area contributed by atoms with Gasteiger partial charge in [-0.2, -0.15) is 0 Å². The molecule has 1 radical (unpaired) electrons. The summed E-state index contributed by atoms with van der Waals surface area (Å²) in [5.41, 5.74) is 0. The van der Waals surface area contributed by atoms with Gasteiger partial charge in [0.1, 0.15) is 0 Å². The molecule has 0 aliphatic carbocycles. The topological polar surface area (TPSA) is 20.3 Å². The van der Waals surface area contributed by atoms with Crippen LogP contribution in [-0.4, -0.2) is 23.9 Å². The summed E-state index contributed by atoms with van der Waals surface area (Å²) in [6.45, 7) is 5.84. The van der Waals surface area contributed by atoms with Gasteiger partial charge in [0.2, 0.25) is 5.91 Å². The lowest BCUT2D eigenvalue weighted by atomic mass is 10.1. The van der Waals surface area contributed by atoms with Gasteiger partial charge < -0.3 is 4.90 Å². The van der Waals surface area contributed by atoms with E-state index in [1.165, 1.54) is 44.9 Å². The molecule has 0 bridgehead atoms. The fourth-order valence-corrected chi connectivity index (χ4v) is 2.28. The Morgan fingerprint density at radius 1 is 0.938 bits per heavy atom. The summed E-state index contributed by atoms with van der Waals surface area (Å²) in [6.07, 6.45) is 11.7. The molecule has 1 amide bonds. The van der Waals surface area contributed by atoms with E-state index in [1.54, 1.807) is 0 Å². The Labute approximate surface area is 100 Å². The van der Waals surface area contributed by atoms with E-state index in [4.69, 9.17) is 0 Å². The Bertz CT molecular complexity index is 185. The minimum absolute atomic E-state index is 0.384. The predicted molar refractivity (Wildman–Crippen MR) is 68.1 cm³/mol. The van der Waals surface area contributed by atoms with Crippen LogP contribution in [0.2, 0.25) is 0 Å². The molecule has 1 heterocycles. The van der Waals surface area contributed by atoms with Gasteiger partial charge >= 0.3 is 0 Å². The van der Waals surface area contributed by atoms with E-state index in [0.29, 0.717) is 5.91 Å². The van der Waals surface area contributed by atoms with E-state index in [-0.39, 0.29) is 0 Å². The number of likely N-dealkylation sites (tertiary alicyclic amines) is 1. The first-order chi connectivity index (χ1) is 7.84. The molecule has 2 heteroatoms. The molecule has 2 nitrogen and oxygen atoms in total. The normalized spacial score (nSPS) is 15.7. The quantitative estimate of drug-likeness (QED) is 0.577. The first kappa shape index (κ1) is 13.5. The molecule has 16 heavy (non-hydrogen) atoms. The van der Waals surface area contributed by atoms with Crippen LogP contribution in [0.15, 0.2) is 0 Å². The van der Waals surface area contributed by atoms with Gasteiger partial charge in [-0.3, -0.25) is 4.79 Å². The third kappa shape index (κ3) is 5.53. The van der Waals surface area contributed by atoms with Crippen LogP contribution in [0, 0.1) is 6.92 Å². The van der Waals surface area contributed by atoms with Crippen molar-refractivity contribution in [2.45, 2.75) is 64.2 Å². The smallest absolute Gasteiger partial charge is 0.222 e. The highest BCUT2D eigenvalue weighted by Crippen LogP contribution is 2.12. The van der Waals surface area contributed by atoms with Crippen molar-refractivity contribution in [2.75, 3.05) is 13.1 Å². The van der Waals surface area contributed by atoms with Crippen molar-refractivity contribution in [1.82, 2.24) is 4.90 Å². The molecule has 1 rings (SSSR count). The first-order valence-corrected chi connectivity index (χ1v) is 6.91. The largest absolute Gasteiger partial charge is 0.343 e. The van der Waals surface area contributed by atoms with Crippen LogP contribution in [0.5, 0.6) is 0 Å². The van der Waals surface area contributed by atoms with Crippen molar-refractivity contribution in [3.8, 4) is 0 Å². The average Bonchev–Trinajstić information content (AvgIpc) is 2.81. The number of carbonyl (C=O) groups is 1. The summed E-state index contributed by atoms with van der Waals surface area (Å²) in [6, 6.07) is 0. The van der Waals surface area contributed by atoms with Gasteiger partial charge in [0.15, 0.2) is 0 Å². The Balaban J connectivity index is 1.88. The summed E-state index contributed by atoms with van der Waals surface area (Å²) in [4.78, 5) is 13.7. The summed E-state index contributed by atoms with van der Waals surface area (Å²) in [5.74, 6) is 0.384. The highest BCUT2D eigenvalue weighted by atomic mass is 16.2. The highest BCUT2D eigenvalue weighted by molar-refractivity contribution is 5.76. The Hall–Kier alpha value is -0.530. The summed E-state index contributed by atoms with van der Waals surface area (Å²) < 4.78 is 0. The zero-order valence-corrected chi connectivity index (χ0v) is 10.5. The molecule has 0 unspecified atom stereocenters. The maximum absolute atomic E-state index is 11.7. The van der Waals surface area contributed by atoms with Gasteiger partial charge in [0.05, 0.1) is 0 Å². The summed E-state index contributed by atoms with van der Waals surface area (Å²) in [5, 5.41) is 0. The fraction of sp³-hybridized carbons (Fsp3) is 0.857. The second-order valence-electron chi connectivity index (χ2n) is 4.81. The standard InChI is InChI=1S/C14H26NO/c1-2-3-4-5-6-7-8-11-14(16)15-12-9-10-13-15/h1-13H2. The zero-order valence-electron chi connectivity index (χ0n) is 10.5. The lowest BCUT2D eigenvalue weighted by molar-refractivity contribution is -0.130. The second-order valence-corrected chi connectivity index (χ2v) is 4.81. The van der Waals surface area contributed by atoms with Crippen LogP contribution in [0.25, 0.3) is 0 Å². The predicted octanol–water partition coefficient (Wildman–Crippen LogP) is 3.56. The van der Waals surface area contributed by atoms with Crippen molar-refractivity contribution < 1.29 is 4.79 Å². The monoisotopic (exact) mass is 224 g/mol. The molecule has 0 atom stereocenters. The summed E-state index contributed by atoms with van der Waals surface area (Å²) in [7, 11) is 0. The van der Waals surface area contributed by atoms with E-state index in [1.807, 2.05) is 4.90 Å². The van der Waals surface area contributed by atoms with Crippen LogP contribution >= 0.6 is 0 Å². The van der Waals surface area contributed by atoms with Gasteiger partial charge in [-0.15, -0.1) is 0 Å². The van der Waals surface area contributed by atoms with Gasteiger partial charge in [-0.25, -0.2) is 0 Å². The Morgan fingerprint density at radius 3 is 2.12 bits per heavy atom. The SMILES string of the molecule is [CH2]CCCCCCCCC(=O)N1CCCC1. The molecule has 0 aromatic rings. The minimum Gasteiger partial charge on any atom is -0.343 e. The van der Waals surface area contributed by atoms with E-state index < -0.39 is 0 Å². The second kappa shape index (κ2) is 8.60. The summed E-state index contributed by atoms with van der Waals surface area (Å²) >= 11 is 0. The maximum atomic E-state index is 11.7. The maximum Gasteiger partial charge on any atom is 0.222 e. The Morgan fingerprint density at radius 2 is 1.50 bits per heavy atom. The molecular formula is C14H26NO. The molecule has 1 aliphatic rings. The van der Waals surface area contributed by atoms with Crippen LogP contribution in [0.4, 0.5) is 0 Å². The van der Waals surface area contributed by atoms with Gasteiger partial charge in [-0.05, 0) is 19.3 Å². The van der Waals surface area contributed by atoms with E-state index in [2.05, 4.69) is 6.92 Å². The molecule has 1 aliphatic heterocycles. The van der Waals surface area contributed by atoms with Crippen LogP contribution in [0.1, 0.15) is 64.2 Å². The van der Waals surface area contributed by atoms with Crippen LogP contribution in [-0.2, 0) is 4.79 Å². The van der Waals surface area contributed by atoms with Crippen molar-refractivity contribution in [1.29, 1.82) is 0 Å². The van der Waals surface area contributed by atoms with E-state index >= 15 is 0 Å². The number of hydrogen-bond acceptors (Lipinski definition) is 1. The van der Waals surface area contributed by atoms with Crippen LogP contribution < -0.4 is 0 Å². The average molecular weight is 224 g/mol. The number of rotatable bonds is 8. The van der Waals surface area contributed by atoms with E-state index in [0.717, 1.165) is 32.4 Å². The number of nitrogens with zero attached hydrogens (tertiary/aromatic N) is 1. The number of hydrogen-bond donors (Lipinski definition) is 0. The van der Waals surface area contributed by atoms with Crippen molar-refractivity contribution in [2.24, 2.45) is 0 Å². The third-order valence-corrected chi connectivity index (χ3v) is 3.35. The molecule has 0 spiro atoms. The number of unbranched alkanes of at least 4 members (excludes halogenated alkanes) is 6. The van der Waals surface area contributed by atoms with Crippen LogP contribution in [0.3, 0.4) is 0 Å². The van der Waals surface area contributed by atoms with Gasteiger partial charge in [0.25, 0.3) is 0 Å². The third-order valence-electron chi connectivity index (χ3n) is 3.35.